The van der Waals surface area contributed by atoms with Crippen molar-refractivity contribution in [1.29, 1.82) is 0 Å². The Morgan fingerprint density at radius 1 is 1.05 bits per heavy atom. The summed E-state index contributed by atoms with van der Waals surface area (Å²) in [5.41, 5.74) is 4.40. The summed E-state index contributed by atoms with van der Waals surface area (Å²) in [4.78, 5) is 43.1. The second-order valence-electron chi connectivity index (χ2n) is 11.0. The van der Waals surface area contributed by atoms with E-state index in [1.54, 1.807) is 42.2 Å². The van der Waals surface area contributed by atoms with Gasteiger partial charge in [-0.3, -0.25) is 9.59 Å². The van der Waals surface area contributed by atoms with Gasteiger partial charge in [0.1, 0.15) is 11.7 Å². The van der Waals surface area contributed by atoms with Crippen molar-refractivity contribution < 1.29 is 23.6 Å². The lowest BCUT2D eigenvalue weighted by molar-refractivity contribution is -0.147. The third-order valence-corrected chi connectivity index (χ3v) is 8.54. The van der Waals surface area contributed by atoms with E-state index >= 15 is 0 Å². The SMILES string of the molecule is CCOC(=O)C1CC2(CCN(C(=O)Cc3ccc(C)c(C)c3)CC2)CN1C(=O)c1cc(-c2ccc(Cl)cc2)no1. The molecule has 2 saturated heterocycles. The fraction of sp³-hybridized carbons (Fsp3) is 0.419. The van der Waals surface area contributed by atoms with E-state index in [9.17, 15) is 14.4 Å². The van der Waals surface area contributed by atoms with Gasteiger partial charge in [0.2, 0.25) is 11.7 Å². The fourth-order valence-electron chi connectivity index (χ4n) is 5.79. The van der Waals surface area contributed by atoms with Crippen LogP contribution in [-0.4, -0.2) is 65.0 Å². The summed E-state index contributed by atoms with van der Waals surface area (Å²) in [7, 11) is 0. The quantitative estimate of drug-likeness (QED) is 0.381. The summed E-state index contributed by atoms with van der Waals surface area (Å²) in [5, 5.41) is 4.67. The van der Waals surface area contributed by atoms with Crippen molar-refractivity contribution in [2.75, 3.05) is 26.2 Å². The van der Waals surface area contributed by atoms with E-state index in [2.05, 4.69) is 31.1 Å². The maximum Gasteiger partial charge on any atom is 0.328 e. The molecule has 3 heterocycles. The molecule has 2 aliphatic rings. The number of nitrogens with zero attached hydrogens (tertiary/aromatic N) is 3. The lowest BCUT2D eigenvalue weighted by atomic mass is 9.76. The topological polar surface area (TPSA) is 93.0 Å². The monoisotopic (exact) mass is 563 g/mol. The Balaban J connectivity index is 1.28. The first-order valence-corrected chi connectivity index (χ1v) is 14.1. The van der Waals surface area contributed by atoms with Crippen molar-refractivity contribution in [2.24, 2.45) is 5.41 Å². The van der Waals surface area contributed by atoms with E-state index in [0.29, 0.717) is 56.0 Å². The number of carbonyl (C=O) groups excluding carboxylic acids is 3. The molecule has 0 aliphatic carbocycles. The summed E-state index contributed by atoms with van der Waals surface area (Å²) in [6.45, 7) is 7.67. The molecule has 1 unspecified atom stereocenters. The predicted octanol–water partition coefficient (Wildman–Crippen LogP) is 5.24. The highest BCUT2D eigenvalue weighted by Gasteiger charge is 2.51. The van der Waals surface area contributed by atoms with Gasteiger partial charge in [-0.2, -0.15) is 0 Å². The number of aryl methyl sites for hydroxylation is 2. The number of rotatable bonds is 6. The Morgan fingerprint density at radius 3 is 2.45 bits per heavy atom. The van der Waals surface area contributed by atoms with Crippen molar-refractivity contribution in [3.63, 3.8) is 0 Å². The van der Waals surface area contributed by atoms with Crippen molar-refractivity contribution in [3.05, 3.63) is 76.0 Å². The molecule has 1 aromatic heterocycles. The van der Waals surface area contributed by atoms with Gasteiger partial charge < -0.3 is 19.1 Å². The molecule has 0 radical (unpaired) electrons. The summed E-state index contributed by atoms with van der Waals surface area (Å²) in [6, 6.07) is 14.1. The minimum Gasteiger partial charge on any atom is -0.464 e. The summed E-state index contributed by atoms with van der Waals surface area (Å²) in [6.07, 6.45) is 2.27. The van der Waals surface area contributed by atoms with Crippen molar-refractivity contribution >= 4 is 29.4 Å². The van der Waals surface area contributed by atoms with E-state index in [4.69, 9.17) is 20.9 Å². The normalized spacial score (nSPS) is 18.2. The molecule has 40 heavy (non-hydrogen) atoms. The van der Waals surface area contributed by atoms with Gasteiger partial charge in [0.15, 0.2) is 0 Å². The van der Waals surface area contributed by atoms with Crippen molar-refractivity contribution in [1.82, 2.24) is 15.0 Å². The molecular formula is C31H34ClN3O5. The molecular weight excluding hydrogens is 530 g/mol. The number of amides is 2. The second kappa shape index (κ2) is 11.5. The smallest absolute Gasteiger partial charge is 0.328 e. The molecule has 2 aromatic carbocycles. The Labute approximate surface area is 239 Å². The minimum atomic E-state index is -0.714. The van der Waals surface area contributed by atoms with E-state index < -0.39 is 17.9 Å². The first-order valence-electron chi connectivity index (χ1n) is 13.7. The van der Waals surface area contributed by atoms with Crippen LogP contribution in [0.25, 0.3) is 11.3 Å². The summed E-state index contributed by atoms with van der Waals surface area (Å²) < 4.78 is 10.8. The molecule has 1 atom stereocenters. The van der Waals surface area contributed by atoms with Gasteiger partial charge >= 0.3 is 5.97 Å². The highest BCUT2D eigenvalue weighted by atomic mass is 35.5. The van der Waals surface area contributed by atoms with Crippen LogP contribution in [-0.2, 0) is 20.7 Å². The van der Waals surface area contributed by atoms with Gasteiger partial charge in [0, 0.05) is 36.3 Å². The Kier molecular flexibility index (Phi) is 7.99. The van der Waals surface area contributed by atoms with Crippen LogP contribution in [0.3, 0.4) is 0 Å². The standard InChI is InChI=1S/C31H34ClN3O5/c1-4-39-30(38)26-18-31(11-13-34(14-12-31)28(36)16-22-6-5-20(2)21(3)15-22)19-35(26)29(37)27-17-25(33-40-27)23-7-9-24(32)10-8-23/h5-10,15,17,26H,4,11-14,16,18-19H2,1-3H3. The van der Waals surface area contributed by atoms with Crippen LogP contribution >= 0.6 is 11.6 Å². The molecule has 9 heteroatoms. The van der Waals surface area contributed by atoms with Gasteiger partial charge in [0.05, 0.1) is 13.0 Å². The molecule has 0 saturated carbocycles. The van der Waals surface area contributed by atoms with E-state index in [0.717, 1.165) is 11.1 Å². The molecule has 2 aliphatic heterocycles. The molecule has 1 spiro atoms. The molecule has 2 fully saturated rings. The van der Waals surface area contributed by atoms with Crippen LogP contribution in [0.2, 0.25) is 5.02 Å². The van der Waals surface area contributed by atoms with Crippen LogP contribution in [0.15, 0.2) is 53.1 Å². The lowest BCUT2D eigenvalue weighted by Crippen LogP contribution is -2.45. The molecule has 3 aromatic rings. The average molecular weight is 564 g/mol. The maximum absolute atomic E-state index is 13.6. The van der Waals surface area contributed by atoms with Crippen LogP contribution in [0.5, 0.6) is 0 Å². The molecule has 5 rings (SSSR count). The predicted molar refractivity (Wildman–Crippen MR) is 151 cm³/mol. The summed E-state index contributed by atoms with van der Waals surface area (Å²) >= 11 is 5.99. The van der Waals surface area contributed by atoms with Gasteiger partial charge in [-0.05, 0) is 74.3 Å². The number of halogens is 1. The third kappa shape index (κ3) is 5.77. The zero-order chi connectivity index (χ0) is 28.4. The number of benzene rings is 2. The number of hydrogen-bond donors (Lipinski definition) is 0. The number of hydrogen-bond acceptors (Lipinski definition) is 6. The third-order valence-electron chi connectivity index (χ3n) is 8.29. The fourth-order valence-corrected chi connectivity index (χ4v) is 5.91. The second-order valence-corrected chi connectivity index (χ2v) is 11.4. The Morgan fingerprint density at radius 2 is 1.77 bits per heavy atom. The van der Waals surface area contributed by atoms with Crippen LogP contribution in [0, 0.1) is 19.3 Å². The highest BCUT2D eigenvalue weighted by Crippen LogP contribution is 2.44. The first-order chi connectivity index (χ1) is 19.2. The van der Waals surface area contributed by atoms with Crippen LogP contribution in [0.1, 0.15) is 53.4 Å². The molecule has 0 bridgehead atoms. The largest absolute Gasteiger partial charge is 0.464 e. The van der Waals surface area contributed by atoms with E-state index in [-0.39, 0.29) is 23.7 Å². The zero-order valence-corrected chi connectivity index (χ0v) is 23.9. The molecule has 2 amide bonds. The van der Waals surface area contributed by atoms with Crippen molar-refractivity contribution in [2.45, 2.75) is 52.5 Å². The number of esters is 1. The minimum absolute atomic E-state index is 0.0669. The number of piperidine rings is 1. The van der Waals surface area contributed by atoms with Crippen molar-refractivity contribution in [3.8, 4) is 11.3 Å². The van der Waals surface area contributed by atoms with Gasteiger partial charge in [0.25, 0.3) is 5.91 Å². The van der Waals surface area contributed by atoms with Crippen LogP contribution in [0.4, 0.5) is 0 Å². The van der Waals surface area contributed by atoms with Crippen LogP contribution < -0.4 is 0 Å². The van der Waals surface area contributed by atoms with E-state index in [1.807, 2.05) is 11.0 Å². The molecule has 0 N–H and O–H groups in total. The Bertz CT molecular complexity index is 1410. The van der Waals surface area contributed by atoms with Gasteiger partial charge in [-0.1, -0.05) is 47.1 Å². The van der Waals surface area contributed by atoms with Gasteiger partial charge in [-0.25, -0.2) is 4.79 Å². The van der Waals surface area contributed by atoms with Gasteiger partial charge in [-0.15, -0.1) is 0 Å². The molecule has 8 nitrogen and oxygen atoms in total. The number of carbonyl (C=O) groups is 3. The maximum atomic E-state index is 13.6. The van der Waals surface area contributed by atoms with E-state index in [1.165, 1.54) is 11.1 Å². The lowest BCUT2D eigenvalue weighted by Gasteiger charge is -2.39. The first kappa shape index (κ1) is 27.9. The Hall–Kier alpha value is -3.65. The highest BCUT2D eigenvalue weighted by molar-refractivity contribution is 6.30. The zero-order valence-electron chi connectivity index (χ0n) is 23.1. The number of ether oxygens (including phenoxy) is 1. The number of likely N-dealkylation sites (tertiary alicyclic amines) is 2. The summed E-state index contributed by atoms with van der Waals surface area (Å²) in [5.74, 6) is -0.644. The molecule has 210 valence electrons. The number of aromatic nitrogens is 1. The average Bonchev–Trinajstić information content (AvgIpc) is 3.57.